The van der Waals surface area contributed by atoms with Gasteiger partial charge >= 0.3 is 10.1 Å². The van der Waals surface area contributed by atoms with Crippen molar-refractivity contribution >= 4 is 27.4 Å². The molecule has 130 valence electrons. The number of thiophene rings is 1. The van der Waals surface area contributed by atoms with Gasteiger partial charge in [-0.2, -0.15) is 8.42 Å². The second-order valence-corrected chi connectivity index (χ2v) is 8.81. The van der Waals surface area contributed by atoms with Crippen LogP contribution in [0.25, 0.3) is 0 Å². The van der Waals surface area contributed by atoms with Crippen molar-refractivity contribution in [1.82, 2.24) is 5.32 Å². The first-order valence-electron chi connectivity index (χ1n) is 7.57. The summed E-state index contributed by atoms with van der Waals surface area (Å²) in [5, 5.41) is 2.64. The molecule has 5 nitrogen and oxygen atoms in total. The molecule has 0 saturated carbocycles. The Kier molecular flexibility index (Phi) is 5.66. The highest BCUT2D eigenvalue weighted by Gasteiger charge is 2.22. The second-order valence-electron chi connectivity index (χ2n) is 5.86. The van der Waals surface area contributed by atoms with Crippen molar-refractivity contribution in [2.45, 2.75) is 44.4 Å². The Morgan fingerprint density at radius 3 is 2.58 bits per heavy atom. The van der Waals surface area contributed by atoms with Gasteiger partial charge in [0.2, 0.25) is 5.91 Å². The Bertz CT molecular complexity index is 838. The molecule has 1 amide bonds. The first kappa shape index (κ1) is 18.5. The van der Waals surface area contributed by atoms with Crippen molar-refractivity contribution in [3.63, 3.8) is 0 Å². The lowest BCUT2D eigenvalue weighted by Gasteiger charge is -2.14. The standard InChI is InChI=1S/C17H21NO4S2/c1-11(2)15-7-5-12(3)9-16(15)22-24(20,21)17-8-6-14(23-17)10-18-13(4)19/h5-9,11H,10H2,1-4H3,(H,18,19). The number of carbonyl (C=O) groups is 1. The summed E-state index contributed by atoms with van der Waals surface area (Å²) in [7, 11) is -3.90. The molecule has 0 bridgehead atoms. The molecule has 0 aliphatic heterocycles. The minimum Gasteiger partial charge on any atom is -0.378 e. The maximum absolute atomic E-state index is 12.5. The summed E-state index contributed by atoms with van der Waals surface area (Å²) in [6, 6.07) is 8.74. The van der Waals surface area contributed by atoms with Gasteiger partial charge in [-0.15, -0.1) is 11.3 Å². The van der Waals surface area contributed by atoms with Crippen molar-refractivity contribution < 1.29 is 17.4 Å². The molecule has 0 saturated heterocycles. The van der Waals surface area contributed by atoms with Crippen molar-refractivity contribution in [2.24, 2.45) is 0 Å². The zero-order valence-electron chi connectivity index (χ0n) is 14.1. The van der Waals surface area contributed by atoms with Crippen LogP contribution in [0, 0.1) is 6.92 Å². The van der Waals surface area contributed by atoms with Crippen LogP contribution in [0.15, 0.2) is 34.5 Å². The lowest BCUT2D eigenvalue weighted by Crippen LogP contribution is -2.18. The van der Waals surface area contributed by atoms with E-state index < -0.39 is 10.1 Å². The number of nitrogens with one attached hydrogen (secondary N) is 1. The summed E-state index contributed by atoms with van der Waals surface area (Å²) in [5.41, 5.74) is 1.78. The van der Waals surface area contributed by atoms with Gasteiger partial charge in [0, 0.05) is 11.8 Å². The molecule has 1 aromatic carbocycles. The van der Waals surface area contributed by atoms with E-state index in [-0.39, 0.29) is 16.0 Å². The first-order valence-corrected chi connectivity index (χ1v) is 9.79. The number of hydrogen-bond donors (Lipinski definition) is 1. The largest absolute Gasteiger partial charge is 0.378 e. The first-order chi connectivity index (χ1) is 11.2. The molecule has 0 spiro atoms. The minimum atomic E-state index is -3.90. The summed E-state index contributed by atoms with van der Waals surface area (Å²) in [6.45, 7) is 7.58. The molecule has 1 N–H and O–H groups in total. The topological polar surface area (TPSA) is 72.5 Å². The fourth-order valence-electron chi connectivity index (χ4n) is 2.15. The van der Waals surface area contributed by atoms with Crippen LogP contribution in [0.5, 0.6) is 5.75 Å². The highest BCUT2D eigenvalue weighted by atomic mass is 32.3. The van der Waals surface area contributed by atoms with Gasteiger partial charge in [0.15, 0.2) is 4.21 Å². The molecule has 0 radical (unpaired) electrons. The third-order valence-electron chi connectivity index (χ3n) is 3.39. The highest BCUT2D eigenvalue weighted by molar-refractivity contribution is 7.89. The van der Waals surface area contributed by atoms with Gasteiger partial charge in [-0.1, -0.05) is 26.0 Å². The SMILES string of the molecule is CC(=O)NCc1ccc(S(=O)(=O)Oc2cc(C)ccc2C(C)C)s1. The number of hydrogen-bond acceptors (Lipinski definition) is 5. The summed E-state index contributed by atoms with van der Waals surface area (Å²) >= 11 is 1.09. The Hall–Kier alpha value is -1.86. The van der Waals surface area contributed by atoms with Crippen LogP contribution in [-0.2, 0) is 21.5 Å². The summed E-state index contributed by atoms with van der Waals surface area (Å²) in [6.07, 6.45) is 0. The van der Waals surface area contributed by atoms with Gasteiger partial charge in [-0.05, 0) is 42.2 Å². The lowest BCUT2D eigenvalue weighted by molar-refractivity contribution is -0.119. The van der Waals surface area contributed by atoms with Crippen LogP contribution in [0.3, 0.4) is 0 Å². The smallest absolute Gasteiger partial charge is 0.348 e. The second kappa shape index (κ2) is 7.36. The van der Waals surface area contributed by atoms with Crippen LogP contribution in [0.1, 0.15) is 42.7 Å². The van der Waals surface area contributed by atoms with Gasteiger partial charge in [-0.25, -0.2) is 0 Å². The lowest BCUT2D eigenvalue weighted by atomic mass is 10.0. The van der Waals surface area contributed by atoms with Gasteiger partial charge in [0.05, 0.1) is 6.54 Å². The molecule has 0 aliphatic rings. The summed E-state index contributed by atoms with van der Waals surface area (Å²) in [5.74, 6) is 0.349. The van der Waals surface area contributed by atoms with E-state index in [4.69, 9.17) is 4.18 Å². The predicted molar refractivity (Wildman–Crippen MR) is 94.9 cm³/mol. The van der Waals surface area contributed by atoms with Gasteiger partial charge in [0.25, 0.3) is 0 Å². The van der Waals surface area contributed by atoms with Crippen LogP contribution < -0.4 is 9.50 Å². The Balaban J connectivity index is 2.26. The van der Waals surface area contributed by atoms with Crippen molar-refractivity contribution in [3.05, 3.63) is 46.3 Å². The molecule has 1 aromatic heterocycles. The van der Waals surface area contributed by atoms with E-state index in [9.17, 15) is 13.2 Å². The fourth-order valence-corrected chi connectivity index (χ4v) is 4.35. The normalized spacial score (nSPS) is 11.5. The van der Waals surface area contributed by atoms with Crippen LogP contribution in [0.4, 0.5) is 0 Å². The molecule has 2 aromatic rings. The maximum atomic E-state index is 12.5. The van der Waals surface area contributed by atoms with Gasteiger partial charge in [0.1, 0.15) is 5.75 Å². The zero-order chi connectivity index (χ0) is 17.9. The molecule has 2 rings (SSSR count). The summed E-state index contributed by atoms with van der Waals surface area (Å²) in [4.78, 5) is 11.7. The molecule has 0 atom stereocenters. The van der Waals surface area contributed by atoms with Gasteiger partial charge in [-0.3, -0.25) is 4.79 Å². The fraction of sp³-hybridized carbons (Fsp3) is 0.353. The molecule has 24 heavy (non-hydrogen) atoms. The van der Waals surface area contributed by atoms with E-state index in [0.29, 0.717) is 12.3 Å². The van der Waals surface area contributed by atoms with Crippen LogP contribution in [0.2, 0.25) is 0 Å². The third kappa shape index (κ3) is 4.58. The Morgan fingerprint density at radius 1 is 1.25 bits per heavy atom. The Labute approximate surface area is 146 Å². The molecule has 1 heterocycles. The molecule has 0 unspecified atom stereocenters. The average molecular weight is 367 g/mol. The number of carbonyl (C=O) groups excluding carboxylic acids is 1. The van der Waals surface area contributed by atoms with E-state index in [2.05, 4.69) is 5.32 Å². The monoisotopic (exact) mass is 367 g/mol. The van der Waals surface area contributed by atoms with E-state index in [1.165, 1.54) is 13.0 Å². The number of rotatable bonds is 6. The van der Waals surface area contributed by atoms with Crippen LogP contribution >= 0.6 is 11.3 Å². The third-order valence-corrected chi connectivity index (χ3v) is 6.16. The van der Waals surface area contributed by atoms with Gasteiger partial charge < -0.3 is 9.50 Å². The van der Waals surface area contributed by atoms with Crippen molar-refractivity contribution in [2.75, 3.05) is 0 Å². The number of benzene rings is 1. The average Bonchev–Trinajstić information content (AvgIpc) is 2.94. The van der Waals surface area contributed by atoms with Crippen molar-refractivity contribution in [3.8, 4) is 5.75 Å². The van der Waals surface area contributed by atoms with E-state index in [1.54, 1.807) is 12.1 Å². The van der Waals surface area contributed by atoms with Crippen LogP contribution in [-0.4, -0.2) is 14.3 Å². The molecule has 0 aliphatic carbocycles. The number of amides is 1. The molecular weight excluding hydrogens is 346 g/mol. The van der Waals surface area contributed by atoms with Crippen molar-refractivity contribution in [1.29, 1.82) is 0 Å². The number of aryl methyl sites for hydroxylation is 1. The highest BCUT2D eigenvalue weighted by Crippen LogP contribution is 2.31. The molecule has 0 fully saturated rings. The quantitative estimate of drug-likeness (QED) is 0.792. The van der Waals surface area contributed by atoms with E-state index in [1.807, 2.05) is 32.9 Å². The minimum absolute atomic E-state index is 0.124. The zero-order valence-corrected chi connectivity index (χ0v) is 15.8. The summed E-state index contributed by atoms with van der Waals surface area (Å²) < 4.78 is 30.6. The Morgan fingerprint density at radius 2 is 1.96 bits per heavy atom. The predicted octanol–water partition coefficient (Wildman–Crippen LogP) is 3.58. The van der Waals surface area contributed by atoms with E-state index >= 15 is 0 Å². The van der Waals surface area contributed by atoms with E-state index in [0.717, 1.165) is 27.3 Å². The molecule has 7 heteroatoms. The molecular formula is C17H21NO4S2. The maximum Gasteiger partial charge on any atom is 0.348 e.